The molecule has 0 amide bonds. The van der Waals surface area contributed by atoms with Gasteiger partial charge in [0.25, 0.3) is 0 Å². The third-order valence-corrected chi connectivity index (χ3v) is 6.98. The van der Waals surface area contributed by atoms with Gasteiger partial charge < -0.3 is 0 Å². The van der Waals surface area contributed by atoms with Gasteiger partial charge in [0.05, 0.1) is 0 Å². The number of allylic oxidation sites excluding steroid dienone is 3. The fraction of sp³-hybridized carbons (Fsp3) is 0.118. The van der Waals surface area contributed by atoms with Crippen molar-refractivity contribution in [3.63, 3.8) is 0 Å². The molecule has 202 valence electrons. The molecule has 40 heavy (non-hydrogen) atoms. The molecule has 2 aliphatic rings. The number of rotatable bonds is 3. The molecule has 0 atom stereocenters. The summed E-state index contributed by atoms with van der Waals surface area (Å²) >= 11 is 11.9. The van der Waals surface area contributed by atoms with E-state index in [1.165, 1.54) is 12.1 Å². The Balaban J connectivity index is 0.000000169. The van der Waals surface area contributed by atoms with Crippen molar-refractivity contribution in [3.8, 4) is 0 Å². The molecule has 2 aromatic carbocycles. The molecule has 6 rings (SSSR count). The molecular formula is C34H28Cl2F2N2. The van der Waals surface area contributed by atoms with Crippen LogP contribution in [0, 0.1) is 18.6 Å². The first-order valence-corrected chi connectivity index (χ1v) is 13.4. The topological polar surface area (TPSA) is 25.8 Å². The van der Waals surface area contributed by atoms with E-state index >= 15 is 0 Å². The number of fused-ring (bicyclic) bond motifs is 2. The first-order valence-electron chi connectivity index (χ1n) is 12.7. The zero-order chi connectivity index (χ0) is 28.8. The van der Waals surface area contributed by atoms with Crippen LogP contribution >= 0.6 is 23.2 Å². The van der Waals surface area contributed by atoms with Crippen molar-refractivity contribution in [1.82, 2.24) is 9.97 Å². The summed E-state index contributed by atoms with van der Waals surface area (Å²) in [6.45, 7) is 11.0. The Labute approximate surface area is 244 Å². The van der Waals surface area contributed by atoms with E-state index in [-0.39, 0.29) is 11.6 Å². The van der Waals surface area contributed by atoms with Crippen molar-refractivity contribution in [1.29, 1.82) is 0 Å². The molecule has 0 bridgehead atoms. The number of hydrogen-bond donors (Lipinski definition) is 0. The van der Waals surface area contributed by atoms with Crippen LogP contribution in [0.1, 0.15) is 51.4 Å². The van der Waals surface area contributed by atoms with E-state index < -0.39 is 0 Å². The van der Waals surface area contributed by atoms with Crippen LogP contribution in [-0.2, 0) is 12.8 Å². The summed E-state index contributed by atoms with van der Waals surface area (Å²) in [5, 5.41) is 0.894. The molecule has 2 heterocycles. The number of halogens is 4. The highest BCUT2D eigenvalue weighted by molar-refractivity contribution is 6.30. The average Bonchev–Trinajstić information content (AvgIpc) is 3.57. The molecule has 0 saturated heterocycles. The molecule has 0 N–H and O–H groups in total. The molecular weight excluding hydrogens is 545 g/mol. The van der Waals surface area contributed by atoms with Crippen LogP contribution in [0.3, 0.4) is 0 Å². The number of benzene rings is 2. The minimum absolute atomic E-state index is 0.166. The van der Waals surface area contributed by atoms with Gasteiger partial charge in [-0.1, -0.05) is 66.2 Å². The first kappa shape index (κ1) is 29.1. The van der Waals surface area contributed by atoms with E-state index in [4.69, 9.17) is 23.2 Å². The smallest absolute Gasteiger partial charge is 0.130 e. The van der Waals surface area contributed by atoms with Crippen molar-refractivity contribution in [3.05, 3.63) is 147 Å². The molecule has 6 heteroatoms. The number of aryl methyl sites for hydroxylation is 1. The third-order valence-electron chi connectivity index (χ3n) is 6.57. The van der Waals surface area contributed by atoms with Gasteiger partial charge in [-0.2, -0.15) is 0 Å². The number of aromatic nitrogens is 2. The maximum Gasteiger partial charge on any atom is 0.130 e. The SMILES string of the molecule is C=CC.C=Cc1cnc(Cl)cc1C1=Cc2c(F)cccc2C1.Cc1cnc(Cl)cc1C1=Cc2c(F)cccc2C1. The summed E-state index contributed by atoms with van der Waals surface area (Å²) in [5.41, 5.74) is 9.49. The Kier molecular flexibility index (Phi) is 9.46. The number of hydrogen-bond acceptors (Lipinski definition) is 2. The van der Waals surface area contributed by atoms with E-state index in [1.807, 2.05) is 44.2 Å². The van der Waals surface area contributed by atoms with Gasteiger partial charge in [-0.3, -0.25) is 0 Å². The van der Waals surface area contributed by atoms with Crippen molar-refractivity contribution in [2.45, 2.75) is 26.7 Å². The second-order valence-corrected chi connectivity index (χ2v) is 10.1. The van der Waals surface area contributed by atoms with Gasteiger partial charge >= 0.3 is 0 Å². The van der Waals surface area contributed by atoms with Gasteiger partial charge in [0.1, 0.15) is 21.9 Å². The third kappa shape index (κ3) is 6.47. The highest BCUT2D eigenvalue weighted by Gasteiger charge is 2.20. The van der Waals surface area contributed by atoms with E-state index in [0.29, 0.717) is 27.9 Å². The Morgan fingerprint density at radius 1 is 0.775 bits per heavy atom. The highest BCUT2D eigenvalue weighted by atomic mass is 35.5. The average molecular weight is 574 g/mol. The fourth-order valence-corrected chi connectivity index (χ4v) is 5.04. The molecule has 2 aliphatic carbocycles. The van der Waals surface area contributed by atoms with Crippen LogP contribution < -0.4 is 0 Å². The lowest BCUT2D eigenvalue weighted by Crippen LogP contribution is -1.91. The Morgan fingerprint density at radius 3 is 1.75 bits per heavy atom. The highest BCUT2D eigenvalue weighted by Crippen LogP contribution is 2.36. The molecule has 0 unspecified atom stereocenters. The quantitative estimate of drug-likeness (QED) is 0.180. The summed E-state index contributed by atoms with van der Waals surface area (Å²) < 4.78 is 27.4. The number of pyridine rings is 2. The van der Waals surface area contributed by atoms with E-state index in [2.05, 4.69) is 23.1 Å². The second kappa shape index (κ2) is 13.0. The molecule has 0 radical (unpaired) electrons. The van der Waals surface area contributed by atoms with E-state index in [1.54, 1.807) is 42.7 Å². The lowest BCUT2D eigenvalue weighted by atomic mass is 10.0. The monoisotopic (exact) mass is 572 g/mol. The maximum atomic E-state index is 13.7. The Hall–Kier alpha value is -3.86. The van der Waals surface area contributed by atoms with Crippen molar-refractivity contribution in [2.75, 3.05) is 0 Å². The molecule has 0 spiro atoms. The molecule has 0 fully saturated rings. The fourth-order valence-electron chi connectivity index (χ4n) is 4.73. The van der Waals surface area contributed by atoms with Crippen LogP contribution in [0.2, 0.25) is 10.3 Å². The van der Waals surface area contributed by atoms with Crippen molar-refractivity contribution < 1.29 is 8.78 Å². The predicted octanol–water partition coefficient (Wildman–Crippen LogP) is 10.1. The van der Waals surface area contributed by atoms with Crippen LogP contribution in [0.5, 0.6) is 0 Å². The Morgan fingerprint density at radius 2 is 1.25 bits per heavy atom. The van der Waals surface area contributed by atoms with Gasteiger partial charge in [-0.15, -0.1) is 6.58 Å². The molecule has 2 aromatic heterocycles. The van der Waals surface area contributed by atoms with Gasteiger partial charge in [0.2, 0.25) is 0 Å². The van der Waals surface area contributed by atoms with Crippen LogP contribution in [0.15, 0.2) is 80.2 Å². The summed E-state index contributed by atoms with van der Waals surface area (Å²) in [6, 6.07) is 14.0. The second-order valence-electron chi connectivity index (χ2n) is 9.35. The van der Waals surface area contributed by atoms with Gasteiger partial charge in [-0.05, 0) is 108 Å². The lowest BCUT2D eigenvalue weighted by molar-refractivity contribution is 0.623. The van der Waals surface area contributed by atoms with Crippen molar-refractivity contribution >= 4 is 52.6 Å². The van der Waals surface area contributed by atoms with Crippen LogP contribution in [0.25, 0.3) is 29.4 Å². The maximum absolute atomic E-state index is 13.7. The van der Waals surface area contributed by atoms with Gasteiger partial charge in [0.15, 0.2) is 0 Å². The summed E-state index contributed by atoms with van der Waals surface area (Å²) in [6.07, 6.45) is 12.1. The molecule has 4 aromatic rings. The summed E-state index contributed by atoms with van der Waals surface area (Å²) in [4.78, 5) is 8.08. The predicted molar refractivity (Wildman–Crippen MR) is 165 cm³/mol. The van der Waals surface area contributed by atoms with Crippen molar-refractivity contribution in [2.24, 2.45) is 0 Å². The van der Waals surface area contributed by atoms with E-state index in [0.717, 1.165) is 50.9 Å². The van der Waals surface area contributed by atoms with Gasteiger partial charge in [0, 0.05) is 23.5 Å². The van der Waals surface area contributed by atoms with Crippen LogP contribution in [0.4, 0.5) is 8.78 Å². The minimum atomic E-state index is -0.187. The van der Waals surface area contributed by atoms with Crippen LogP contribution in [-0.4, -0.2) is 9.97 Å². The summed E-state index contributed by atoms with van der Waals surface area (Å²) in [7, 11) is 0. The lowest BCUT2D eigenvalue weighted by Gasteiger charge is -2.07. The van der Waals surface area contributed by atoms with Gasteiger partial charge in [-0.25, -0.2) is 18.7 Å². The molecule has 0 aliphatic heterocycles. The first-order chi connectivity index (χ1) is 19.2. The standard InChI is InChI=1S/C16H11ClFN.C15H11ClFN.C3H6/c1-2-10-9-19-16(17)8-13(10)12-6-11-4-3-5-15(18)14(11)7-12;1-9-8-18-15(16)7-12(9)11-5-10-3-2-4-14(17)13(10)6-11;1-3-2/h2-5,7-9H,1,6H2;2-4,6-8H,5H2,1H3;3H,1H2,2H3. The normalized spacial score (nSPS) is 12.6. The largest absolute Gasteiger partial charge is 0.244 e. The van der Waals surface area contributed by atoms with E-state index in [9.17, 15) is 8.78 Å². The number of nitrogens with zero attached hydrogens (tertiary/aromatic N) is 2. The zero-order valence-electron chi connectivity index (χ0n) is 22.3. The molecule has 2 nitrogen and oxygen atoms in total. The summed E-state index contributed by atoms with van der Waals surface area (Å²) in [5.74, 6) is -0.354. The Bertz CT molecular complexity index is 1650. The minimum Gasteiger partial charge on any atom is -0.244 e. The molecule has 0 saturated carbocycles. The zero-order valence-corrected chi connectivity index (χ0v) is 23.8.